The summed E-state index contributed by atoms with van der Waals surface area (Å²) in [5.41, 5.74) is 6.28. The molecule has 1 aromatic rings. The SMILES string of the molecule is Cc1cc(C)c2c(c1)C(C)(C)CC1(CCNCC1)N2. The quantitative estimate of drug-likeness (QED) is 0.744. The molecule has 0 saturated carbocycles. The molecule has 1 fully saturated rings. The van der Waals surface area contributed by atoms with E-state index in [9.17, 15) is 0 Å². The lowest BCUT2D eigenvalue weighted by Gasteiger charge is -2.50. The van der Waals surface area contributed by atoms with E-state index in [0.717, 1.165) is 13.1 Å². The Bertz CT molecular complexity index is 496. The van der Waals surface area contributed by atoms with Gasteiger partial charge in [0.15, 0.2) is 0 Å². The fourth-order valence-electron chi connectivity index (χ4n) is 4.12. The molecule has 2 nitrogen and oxygen atoms in total. The van der Waals surface area contributed by atoms with E-state index < -0.39 is 0 Å². The van der Waals surface area contributed by atoms with E-state index in [1.54, 1.807) is 0 Å². The van der Waals surface area contributed by atoms with Gasteiger partial charge < -0.3 is 10.6 Å². The lowest BCUT2D eigenvalue weighted by Crippen LogP contribution is -2.53. The van der Waals surface area contributed by atoms with Gasteiger partial charge >= 0.3 is 0 Å². The predicted octanol–water partition coefficient (Wildman–Crippen LogP) is 3.52. The summed E-state index contributed by atoms with van der Waals surface area (Å²) >= 11 is 0. The van der Waals surface area contributed by atoms with E-state index in [4.69, 9.17) is 0 Å². The molecule has 1 saturated heterocycles. The Kier molecular flexibility index (Phi) is 2.90. The first-order valence-electron chi connectivity index (χ1n) is 7.53. The summed E-state index contributed by atoms with van der Waals surface area (Å²) in [4.78, 5) is 0. The first kappa shape index (κ1) is 13.0. The molecule has 2 heterocycles. The normalized spacial score (nSPS) is 23.8. The molecule has 104 valence electrons. The number of fused-ring (bicyclic) bond motifs is 1. The predicted molar refractivity (Wildman–Crippen MR) is 82.0 cm³/mol. The minimum Gasteiger partial charge on any atom is -0.379 e. The fraction of sp³-hybridized carbons (Fsp3) is 0.647. The summed E-state index contributed by atoms with van der Waals surface area (Å²) in [5.74, 6) is 0. The molecule has 0 amide bonds. The Labute approximate surface area is 117 Å². The molecule has 0 aliphatic carbocycles. The van der Waals surface area contributed by atoms with E-state index in [2.05, 4.69) is 50.5 Å². The average molecular weight is 258 g/mol. The topological polar surface area (TPSA) is 24.1 Å². The van der Waals surface area contributed by atoms with Crippen LogP contribution in [0.1, 0.15) is 49.8 Å². The third-order valence-electron chi connectivity index (χ3n) is 4.94. The molecule has 2 aliphatic heterocycles. The van der Waals surface area contributed by atoms with Crippen LogP contribution in [0.5, 0.6) is 0 Å². The molecule has 2 N–H and O–H groups in total. The maximum absolute atomic E-state index is 3.92. The molecule has 0 atom stereocenters. The van der Waals surface area contributed by atoms with Gasteiger partial charge in [-0.25, -0.2) is 0 Å². The van der Waals surface area contributed by atoms with Gasteiger partial charge in [0.2, 0.25) is 0 Å². The lowest BCUT2D eigenvalue weighted by molar-refractivity contribution is 0.251. The van der Waals surface area contributed by atoms with Gasteiger partial charge in [-0.05, 0) is 62.7 Å². The van der Waals surface area contributed by atoms with E-state index in [1.165, 1.54) is 41.6 Å². The van der Waals surface area contributed by atoms with E-state index in [-0.39, 0.29) is 5.41 Å². The van der Waals surface area contributed by atoms with Gasteiger partial charge in [-0.3, -0.25) is 0 Å². The second-order valence-electron chi connectivity index (χ2n) is 7.22. The molecule has 19 heavy (non-hydrogen) atoms. The number of aryl methyl sites for hydroxylation is 2. The number of hydrogen-bond donors (Lipinski definition) is 2. The van der Waals surface area contributed by atoms with Crippen molar-refractivity contribution in [2.24, 2.45) is 0 Å². The Morgan fingerprint density at radius 3 is 2.42 bits per heavy atom. The van der Waals surface area contributed by atoms with Crippen molar-refractivity contribution in [3.05, 3.63) is 28.8 Å². The van der Waals surface area contributed by atoms with Crippen molar-refractivity contribution in [1.82, 2.24) is 5.32 Å². The van der Waals surface area contributed by atoms with Crippen LogP contribution in [0.4, 0.5) is 5.69 Å². The molecule has 0 bridgehead atoms. The van der Waals surface area contributed by atoms with Crippen LogP contribution in [0.15, 0.2) is 12.1 Å². The van der Waals surface area contributed by atoms with Crippen LogP contribution in [0.2, 0.25) is 0 Å². The molecule has 2 heteroatoms. The molecule has 0 unspecified atom stereocenters. The van der Waals surface area contributed by atoms with Crippen molar-refractivity contribution in [3.63, 3.8) is 0 Å². The molecule has 3 rings (SSSR count). The van der Waals surface area contributed by atoms with Crippen LogP contribution < -0.4 is 10.6 Å². The van der Waals surface area contributed by atoms with Gasteiger partial charge in [-0.2, -0.15) is 0 Å². The summed E-state index contributed by atoms with van der Waals surface area (Å²) in [6.45, 7) is 11.6. The Morgan fingerprint density at radius 2 is 1.74 bits per heavy atom. The van der Waals surface area contributed by atoms with Gasteiger partial charge in [0.1, 0.15) is 0 Å². The molecular formula is C17H26N2. The highest BCUT2D eigenvalue weighted by Gasteiger charge is 2.43. The van der Waals surface area contributed by atoms with Gasteiger partial charge in [0.05, 0.1) is 0 Å². The first-order chi connectivity index (χ1) is 8.92. The largest absolute Gasteiger partial charge is 0.379 e. The molecule has 1 aromatic carbocycles. The van der Waals surface area contributed by atoms with Crippen LogP contribution >= 0.6 is 0 Å². The second kappa shape index (κ2) is 4.24. The highest BCUT2D eigenvalue weighted by molar-refractivity contribution is 5.65. The zero-order chi connectivity index (χ0) is 13.7. The van der Waals surface area contributed by atoms with Crippen LogP contribution in [-0.4, -0.2) is 18.6 Å². The summed E-state index contributed by atoms with van der Waals surface area (Å²) in [7, 11) is 0. The van der Waals surface area contributed by atoms with Crippen molar-refractivity contribution in [3.8, 4) is 0 Å². The molecule has 0 aromatic heterocycles. The average Bonchev–Trinajstić information content (AvgIpc) is 2.31. The first-order valence-corrected chi connectivity index (χ1v) is 7.53. The fourth-order valence-corrected chi connectivity index (χ4v) is 4.12. The lowest BCUT2D eigenvalue weighted by atomic mass is 9.66. The monoisotopic (exact) mass is 258 g/mol. The third kappa shape index (κ3) is 2.16. The third-order valence-corrected chi connectivity index (χ3v) is 4.94. The zero-order valence-electron chi connectivity index (χ0n) is 12.7. The van der Waals surface area contributed by atoms with Gasteiger partial charge in [-0.1, -0.05) is 31.5 Å². The maximum atomic E-state index is 3.92. The Morgan fingerprint density at radius 1 is 1.05 bits per heavy atom. The summed E-state index contributed by atoms with van der Waals surface area (Å²) in [5, 5.41) is 7.41. The van der Waals surface area contributed by atoms with Crippen LogP contribution in [-0.2, 0) is 5.41 Å². The summed E-state index contributed by atoms with van der Waals surface area (Å²) in [6, 6.07) is 4.69. The Balaban J connectivity index is 2.08. The number of nitrogens with one attached hydrogen (secondary N) is 2. The van der Waals surface area contributed by atoms with Gasteiger partial charge in [0, 0.05) is 11.2 Å². The summed E-state index contributed by atoms with van der Waals surface area (Å²) < 4.78 is 0. The van der Waals surface area contributed by atoms with Crippen molar-refractivity contribution in [2.75, 3.05) is 18.4 Å². The van der Waals surface area contributed by atoms with Crippen molar-refractivity contribution in [1.29, 1.82) is 0 Å². The molecule has 1 spiro atoms. The van der Waals surface area contributed by atoms with E-state index in [0.29, 0.717) is 5.54 Å². The molecular weight excluding hydrogens is 232 g/mol. The second-order valence-corrected chi connectivity index (χ2v) is 7.22. The molecule has 2 aliphatic rings. The van der Waals surface area contributed by atoms with Gasteiger partial charge in [-0.15, -0.1) is 0 Å². The highest BCUT2D eigenvalue weighted by Crippen LogP contribution is 2.47. The minimum atomic E-state index is 0.273. The number of benzene rings is 1. The minimum absolute atomic E-state index is 0.273. The van der Waals surface area contributed by atoms with Gasteiger partial charge in [0.25, 0.3) is 0 Å². The van der Waals surface area contributed by atoms with Crippen molar-refractivity contribution in [2.45, 2.75) is 57.9 Å². The van der Waals surface area contributed by atoms with Crippen molar-refractivity contribution >= 4 is 5.69 Å². The maximum Gasteiger partial charge on any atom is 0.0412 e. The standard InChI is InChI=1S/C17H26N2/c1-12-9-13(2)15-14(10-12)16(3,4)11-17(19-15)5-7-18-8-6-17/h9-10,18-19H,5-8,11H2,1-4H3. The van der Waals surface area contributed by atoms with Crippen LogP contribution in [0.25, 0.3) is 0 Å². The Hall–Kier alpha value is -1.02. The smallest absolute Gasteiger partial charge is 0.0412 e. The zero-order valence-corrected chi connectivity index (χ0v) is 12.7. The van der Waals surface area contributed by atoms with Crippen LogP contribution in [0, 0.1) is 13.8 Å². The van der Waals surface area contributed by atoms with E-state index in [1.807, 2.05) is 0 Å². The number of piperidine rings is 1. The van der Waals surface area contributed by atoms with E-state index >= 15 is 0 Å². The highest BCUT2D eigenvalue weighted by atomic mass is 15.0. The van der Waals surface area contributed by atoms with Crippen molar-refractivity contribution < 1.29 is 0 Å². The molecule has 0 radical (unpaired) electrons. The number of hydrogen-bond acceptors (Lipinski definition) is 2. The van der Waals surface area contributed by atoms with Crippen LogP contribution in [0.3, 0.4) is 0 Å². The number of rotatable bonds is 0. The summed E-state index contributed by atoms with van der Waals surface area (Å²) in [6.07, 6.45) is 3.73. The number of anilines is 1.